The monoisotopic (exact) mass is 150 g/mol. The fraction of sp³-hybridized carbons (Fsp3) is 0.750. The van der Waals surface area contributed by atoms with Gasteiger partial charge >= 0.3 is 0 Å². The summed E-state index contributed by atoms with van der Waals surface area (Å²) in [5, 5.41) is 1.77. The molecule has 0 aromatic rings. The highest BCUT2D eigenvalue weighted by atomic mass is 32.2. The van der Waals surface area contributed by atoms with E-state index in [4.69, 9.17) is 4.55 Å². The minimum absolute atomic E-state index is 0.629. The molecule has 1 saturated heterocycles. The number of hydrogen-bond donors (Lipinski definition) is 2. The Kier molecular flexibility index (Phi) is 1.74. The number of hydrogen-bond acceptors (Lipinski definition) is 3. The van der Waals surface area contributed by atoms with Crippen LogP contribution in [0.1, 0.15) is 6.42 Å². The maximum atomic E-state index is 10.3. The molecule has 1 rings (SSSR count). The molecule has 1 aliphatic rings. The fourth-order valence-electron chi connectivity index (χ4n) is 0.771. The van der Waals surface area contributed by atoms with Crippen LogP contribution >= 0.6 is 0 Å². The van der Waals surface area contributed by atoms with E-state index in [-0.39, 0.29) is 0 Å². The first-order valence-electron chi connectivity index (χ1n) is 2.64. The first-order chi connectivity index (χ1) is 4.11. The van der Waals surface area contributed by atoms with Crippen LogP contribution in [0.15, 0.2) is 0 Å². The lowest BCUT2D eigenvalue weighted by molar-refractivity contribution is 0.468. The molecule has 53 valence electrons. The van der Waals surface area contributed by atoms with Crippen molar-refractivity contribution >= 4 is 10.1 Å². The van der Waals surface area contributed by atoms with Gasteiger partial charge in [0.05, 0.1) is 0 Å². The Morgan fingerprint density at radius 2 is 2.33 bits per heavy atom. The van der Waals surface area contributed by atoms with E-state index in [1.165, 1.54) is 6.42 Å². The lowest BCUT2D eigenvalue weighted by Crippen LogP contribution is -2.30. The molecular weight excluding hydrogens is 142 g/mol. The Hall–Kier alpha value is -0.130. The molecule has 1 atom stereocenters. The normalized spacial score (nSPS) is 28.8. The quantitative estimate of drug-likeness (QED) is 0.490. The van der Waals surface area contributed by atoms with E-state index in [0.717, 1.165) is 0 Å². The zero-order chi connectivity index (χ0) is 6.91. The van der Waals surface area contributed by atoms with Gasteiger partial charge in [0.1, 0.15) is 5.37 Å². The van der Waals surface area contributed by atoms with E-state index < -0.39 is 15.5 Å². The second-order valence-electron chi connectivity index (χ2n) is 1.91. The van der Waals surface area contributed by atoms with Gasteiger partial charge in [-0.05, 0) is 19.4 Å². The summed E-state index contributed by atoms with van der Waals surface area (Å²) in [6, 6.07) is 0. The van der Waals surface area contributed by atoms with Crippen molar-refractivity contribution in [1.29, 1.82) is 0 Å². The highest BCUT2D eigenvalue weighted by molar-refractivity contribution is 7.86. The van der Waals surface area contributed by atoms with Crippen molar-refractivity contribution in [2.75, 3.05) is 6.54 Å². The average molecular weight is 150 g/mol. The SMILES string of the molecule is O=S(=O)(O)C1[CH]CCN1. The van der Waals surface area contributed by atoms with E-state index in [0.29, 0.717) is 13.0 Å². The molecule has 1 unspecified atom stereocenters. The molecule has 0 spiro atoms. The third kappa shape index (κ3) is 1.64. The third-order valence-corrected chi connectivity index (χ3v) is 2.19. The number of nitrogens with one attached hydrogen (secondary N) is 1. The second-order valence-corrected chi connectivity index (χ2v) is 3.45. The van der Waals surface area contributed by atoms with Crippen molar-refractivity contribution in [3.63, 3.8) is 0 Å². The van der Waals surface area contributed by atoms with Crippen molar-refractivity contribution in [2.24, 2.45) is 0 Å². The summed E-state index contributed by atoms with van der Waals surface area (Å²) in [7, 11) is -3.87. The van der Waals surface area contributed by atoms with Crippen LogP contribution in [0.25, 0.3) is 0 Å². The summed E-state index contributed by atoms with van der Waals surface area (Å²) in [6.45, 7) is 0.629. The van der Waals surface area contributed by atoms with Gasteiger partial charge < -0.3 is 0 Å². The zero-order valence-electron chi connectivity index (χ0n) is 4.74. The van der Waals surface area contributed by atoms with Crippen LogP contribution in [0.2, 0.25) is 0 Å². The van der Waals surface area contributed by atoms with E-state index in [1.807, 2.05) is 0 Å². The summed E-state index contributed by atoms with van der Waals surface area (Å²) >= 11 is 0. The van der Waals surface area contributed by atoms with E-state index in [2.05, 4.69) is 5.32 Å². The Labute approximate surface area is 54.0 Å². The summed E-state index contributed by atoms with van der Waals surface area (Å²) < 4.78 is 29.0. The van der Waals surface area contributed by atoms with Gasteiger partial charge in [-0.2, -0.15) is 8.42 Å². The van der Waals surface area contributed by atoms with Crippen LogP contribution < -0.4 is 5.32 Å². The van der Waals surface area contributed by atoms with Gasteiger partial charge in [0.15, 0.2) is 0 Å². The first-order valence-corrected chi connectivity index (χ1v) is 4.14. The Balaban J connectivity index is 2.63. The van der Waals surface area contributed by atoms with E-state index in [9.17, 15) is 8.42 Å². The molecular formula is C4H8NO3S. The van der Waals surface area contributed by atoms with Crippen LogP contribution in [0.5, 0.6) is 0 Å². The Morgan fingerprint density at radius 3 is 2.56 bits per heavy atom. The smallest absolute Gasteiger partial charge is 0.281 e. The molecule has 0 aliphatic carbocycles. The molecule has 0 bridgehead atoms. The standard InChI is InChI=1S/C4H8NO3S/c6-9(7,8)4-2-1-3-5-4/h2,4-5H,1,3H2,(H,6,7,8). The lowest BCUT2D eigenvalue weighted by atomic mass is 10.4. The molecule has 1 heterocycles. The van der Waals surface area contributed by atoms with Crippen LogP contribution in [-0.4, -0.2) is 24.9 Å². The number of rotatable bonds is 1. The molecule has 1 aliphatic heterocycles. The second kappa shape index (κ2) is 2.24. The summed E-state index contributed by atoms with van der Waals surface area (Å²) in [5.74, 6) is 0. The molecule has 5 heteroatoms. The summed E-state index contributed by atoms with van der Waals surface area (Å²) in [4.78, 5) is 0. The van der Waals surface area contributed by atoms with Crippen LogP contribution in [0.3, 0.4) is 0 Å². The van der Waals surface area contributed by atoms with Crippen molar-refractivity contribution in [2.45, 2.75) is 11.8 Å². The first kappa shape index (κ1) is 6.98. The minimum atomic E-state index is -3.87. The van der Waals surface area contributed by atoms with Crippen molar-refractivity contribution < 1.29 is 13.0 Å². The van der Waals surface area contributed by atoms with E-state index >= 15 is 0 Å². The Bertz CT molecular complexity index is 180. The molecule has 1 radical (unpaired) electrons. The highest BCUT2D eigenvalue weighted by Crippen LogP contribution is 2.07. The lowest BCUT2D eigenvalue weighted by Gasteiger charge is -2.02. The largest absolute Gasteiger partial charge is 0.299 e. The molecule has 9 heavy (non-hydrogen) atoms. The third-order valence-electron chi connectivity index (χ3n) is 1.19. The summed E-state index contributed by atoms with van der Waals surface area (Å²) in [5.41, 5.74) is 0. The predicted octanol–water partition coefficient (Wildman–Crippen LogP) is -0.602. The van der Waals surface area contributed by atoms with Gasteiger partial charge in [-0.25, -0.2) is 0 Å². The molecule has 0 saturated carbocycles. The van der Waals surface area contributed by atoms with Gasteiger partial charge in [-0.1, -0.05) is 0 Å². The maximum absolute atomic E-state index is 10.3. The van der Waals surface area contributed by atoms with Crippen molar-refractivity contribution in [3.8, 4) is 0 Å². The summed E-state index contributed by atoms with van der Waals surface area (Å²) in [6.07, 6.45) is 2.24. The fourth-order valence-corrected chi connectivity index (χ4v) is 1.48. The van der Waals surface area contributed by atoms with Crippen molar-refractivity contribution in [3.05, 3.63) is 6.42 Å². The Morgan fingerprint density at radius 1 is 1.67 bits per heavy atom. The predicted molar refractivity (Wildman–Crippen MR) is 32.3 cm³/mol. The highest BCUT2D eigenvalue weighted by Gasteiger charge is 2.25. The van der Waals surface area contributed by atoms with Gasteiger partial charge in [0.25, 0.3) is 10.1 Å². The topological polar surface area (TPSA) is 66.4 Å². The van der Waals surface area contributed by atoms with Crippen LogP contribution in [0, 0.1) is 6.42 Å². The van der Waals surface area contributed by atoms with Gasteiger partial charge in [-0.15, -0.1) is 0 Å². The maximum Gasteiger partial charge on any atom is 0.281 e. The molecule has 2 N–H and O–H groups in total. The zero-order valence-corrected chi connectivity index (χ0v) is 5.56. The van der Waals surface area contributed by atoms with E-state index in [1.54, 1.807) is 0 Å². The van der Waals surface area contributed by atoms with Crippen LogP contribution in [0.4, 0.5) is 0 Å². The van der Waals surface area contributed by atoms with Crippen LogP contribution in [-0.2, 0) is 10.1 Å². The van der Waals surface area contributed by atoms with Gasteiger partial charge in [-0.3, -0.25) is 9.87 Å². The molecule has 0 aromatic carbocycles. The molecule has 0 aromatic heterocycles. The molecule has 4 nitrogen and oxygen atoms in total. The molecule has 1 fully saturated rings. The van der Waals surface area contributed by atoms with Crippen molar-refractivity contribution in [1.82, 2.24) is 5.32 Å². The minimum Gasteiger partial charge on any atom is -0.299 e. The van der Waals surface area contributed by atoms with Gasteiger partial charge in [0.2, 0.25) is 0 Å². The average Bonchev–Trinajstić information content (AvgIpc) is 2.08. The molecule has 0 amide bonds. The van der Waals surface area contributed by atoms with Gasteiger partial charge in [0, 0.05) is 0 Å².